The maximum atomic E-state index is 12.1. The Bertz CT molecular complexity index is 497. The van der Waals surface area contributed by atoms with Gasteiger partial charge in [-0.25, -0.2) is 13.1 Å². The van der Waals surface area contributed by atoms with Crippen LogP contribution in [0.15, 0.2) is 29.2 Å². The molecular weight excluding hydrogens is 278 g/mol. The highest BCUT2D eigenvalue weighted by Gasteiger charge is 2.19. The van der Waals surface area contributed by atoms with Crippen LogP contribution in [-0.2, 0) is 14.8 Å². The van der Waals surface area contributed by atoms with Gasteiger partial charge in [-0.3, -0.25) is 0 Å². The number of nitrogens with one attached hydrogen (secondary N) is 1. The summed E-state index contributed by atoms with van der Waals surface area (Å²) in [5.41, 5.74) is 6.22. The minimum atomic E-state index is -3.49. The minimum Gasteiger partial charge on any atom is -0.383 e. The summed E-state index contributed by atoms with van der Waals surface area (Å²) in [6.07, 6.45) is 0.789. The van der Waals surface area contributed by atoms with E-state index < -0.39 is 10.0 Å². The van der Waals surface area contributed by atoms with Gasteiger partial charge in [-0.2, -0.15) is 0 Å². The molecule has 0 fully saturated rings. The molecule has 0 unspecified atom stereocenters. The number of benzene rings is 1. The highest BCUT2D eigenvalue weighted by molar-refractivity contribution is 7.89. The Kier molecular flexibility index (Phi) is 6.94. The molecule has 0 aliphatic heterocycles. The smallest absolute Gasteiger partial charge is 0.242 e. The van der Waals surface area contributed by atoms with Gasteiger partial charge in [0.25, 0.3) is 0 Å². The molecule has 0 aliphatic carbocycles. The van der Waals surface area contributed by atoms with Gasteiger partial charge in [0.1, 0.15) is 4.90 Å². The van der Waals surface area contributed by atoms with Gasteiger partial charge in [0.05, 0.1) is 12.3 Å². The maximum Gasteiger partial charge on any atom is 0.242 e. The topological polar surface area (TPSA) is 84.7 Å². The van der Waals surface area contributed by atoms with Gasteiger partial charge in [0, 0.05) is 20.2 Å². The SMILES string of the molecule is CNS(=O)(=O)c1ccccc1N(CCCN)CCOC. The van der Waals surface area contributed by atoms with Crippen molar-refractivity contribution in [3.63, 3.8) is 0 Å². The third-order valence-corrected chi connectivity index (χ3v) is 4.42. The average Bonchev–Trinajstić information content (AvgIpc) is 2.47. The number of nitrogens with zero attached hydrogens (tertiary/aromatic N) is 1. The van der Waals surface area contributed by atoms with Crippen LogP contribution in [0, 0.1) is 0 Å². The Morgan fingerprint density at radius 2 is 2.00 bits per heavy atom. The van der Waals surface area contributed by atoms with Gasteiger partial charge in [-0.1, -0.05) is 12.1 Å². The number of sulfonamides is 1. The van der Waals surface area contributed by atoms with Crippen molar-refractivity contribution in [3.8, 4) is 0 Å². The first-order valence-electron chi connectivity index (χ1n) is 6.53. The molecule has 1 aromatic rings. The number of ether oxygens (including phenoxy) is 1. The minimum absolute atomic E-state index is 0.274. The van der Waals surface area contributed by atoms with Gasteiger partial charge < -0.3 is 15.4 Å². The summed E-state index contributed by atoms with van der Waals surface area (Å²) in [6, 6.07) is 6.94. The number of methoxy groups -OCH3 is 1. The van der Waals surface area contributed by atoms with E-state index in [-0.39, 0.29) is 4.90 Å². The molecule has 0 atom stereocenters. The molecule has 1 rings (SSSR count). The van der Waals surface area contributed by atoms with E-state index in [2.05, 4.69) is 4.72 Å². The fraction of sp³-hybridized carbons (Fsp3) is 0.538. The number of hydrogen-bond acceptors (Lipinski definition) is 5. The van der Waals surface area contributed by atoms with Crippen molar-refractivity contribution in [3.05, 3.63) is 24.3 Å². The number of nitrogens with two attached hydrogens (primary N) is 1. The number of anilines is 1. The van der Waals surface area contributed by atoms with Crippen molar-refractivity contribution in [2.75, 3.05) is 45.3 Å². The van der Waals surface area contributed by atoms with Gasteiger partial charge >= 0.3 is 0 Å². The van der Waals surface area contributed by atoms with Crippen molar-refractivity contribution in [2.24, 2.45) is 5.73 Å². The van der Waals surface area contributed by atoms with Crippen molar-refractivity contribution >= 4 is 15.7 Å². The zero-order valence-electron chi connectivity index (χ0n) is 12.0. The summed E-state index contributed by atoms with van der Waals surface area (Å²) in [6.45, 7) is 2.39. The molecular formula is C13H23N3O3S. The summed E-state index contributed by atoms with van der Waals surface area (Å²) >= 11 is 0. The molecule has 0 saturated heterocycles. The van der Waals surface area contributed by atoms with E-state index >= 15 is 0 Å². The Hall–Kier alpha value is -1.15. The Morgan fingerprint density at radius 3 is 2.60 bits per heavy atom. The lowest BCUT2D eigenvalue weighted by atomic mass is 10.2. The molecule has 0 heterocycles. The van der Waals surface area contributed by atoms with Gasteiger partial charge in [0.15, 0.2) is 0 Å². The predicted octanol–water partition coefficient (Wildman–Crippen LogP) is 0.396. The quantitative estimate of drug-likeness (QED) is 0.689. The summed E-state index contributed by atoms with van der Waals surface area (Å²) in [5.74, 6) is 0. The van der Waals surface area contributed by atoms with E-state index in [0.717, 1.165) is 6.42 Å². The van der Waals surface area contributed by atoms with Crippen molar-refractivity contribution in [2.45, 2.75) is 11.3 Å². The number of rotatable bonds is 9. The Morgan fingerprint density at radius 1 is 1.30 bits per heavy atom. The molecule has 0 spiro atoms. The molecule has 7 heteroatoms. The standard InChI is InChI=1S/C13H23N3O3S/c1-15-20(17,18)13-7-4-3-6-12(13)16(9-5-8-14)10-11-19-2/h3-4,6-7,15H,5,8-11,14H2,1-2H3. The van der Waals surface area contributed by atoms with Gasteiger partial charge in [-0.15, -0.1) is 0 Å². The average molecular weight is 301 g/mol. The van der Waals surface area contributed by atoms with Crippen LogP contribution >= 0.6 is 0 Å². The molecule has 0 aromatic heterocycles. The van der Waals surface area contributed by atoms with Crippen molar-refractivity contribution in [1.82, 2.24) is 4.72 Å². The van der Waals surface area contributed by atoms with E-state index in [1.54, 1.807) is 25.3 Å². The molecule has 3 N–H and O–H groups in total. The lowest BCUT2D eigenvalue weighted by molar-refractivity contribution is 0.205. The highest BCUT2D eigenvalue weighted by Crippen LogP contribution is 2.24. The van der Waals surface area contributed by atoms with E-state index in [1.807, 2.05) is 11.0 Å². The van der Waals surface area contributed by atoms with Crippen LogP contribution in [0.5, 0.6) is 0 Å². The predicted molar refractivity (Wildman–Crippen MR) is 80.4 cm³/mol. The third kappa shape index (κ3) is 4.45. The number of para-hydroxylation sites is 1. The van der Waals surface area contributed by atoms with Crippen LogP contribution in [0.2, 0.25) is 0 Å². The summed E-state index contributed by atoms with van der Waals surface area (Å²) in [7, 11) is -0.457. The van der Waals surface area contributed by atoms with Crippen LogP contribution in [0.3, 0.4) is 0 Å². The van der Waals surface area contributed by atoms with Crippen LogP contribution in [-0.4, -0.2) is 48.8 Å². The van der Waals surface area contributed by atoms with Crippen LogP contribution in [0.1, 0.15) is 6.42 Å². The van der Waals surface area contributed by atoms with E-state index in [4.69, 9.17) is 10.5 Å². The zero-order chi connectivity index (χ0) is 15.0. The zero-order valence-corrected chi connectivity index (χ0v) is 12.8. The second kappa shape index (κ2) is 8.21. The lowest BCUT2D eigenvalue weighted by Gasteiger charge is -2.26. The van der Waals surface area contributed by atoms with Crippen LogP contribution in [0.4, 0.5) is 5.69 Å². The van der Waals surface area contributed by atoms with Crippen molar-refractivity contribution in [1.29, 1.82) is 0 Å². The molecule has 0 saturated carbocycles. The molecule has 0 amide bonds. The molecule has 20 heavy (non-hydrogen) atoms. The Labute approximate surface area is 121 Å². The van der Waals surface area contributed by atoms with E-state index in [9.17, 15) is 8.42 Å². The van der Waals surface area contributed by atoms with E-state index in [1.165, 1.54) is 7.05 Å². The molecule has 0 aliphatic rings. The highest BCUT2D eigenvalue weighted by atomic mass is 32.2. The van der Waals surface area contributed by atoms with Crippen molar-refractivity contribution < 1.29 is 13.2 Å². The van der Waals surface area contributed by atoms with Gasteiger partial charge in [0.2, 0.25) is 10.0 Å². The first kappa shape index (κ1) is 16.9. The molecule has 114 valence electrons. The summed E-state index contributed by atoms with van der Waals surface area (Å²) < 4.78 is 31.6. The van der Waals surface area contributed by atoms with E-state index in [0.29, 0.717) is 31.9 Å². The maximum absolute atomic E-state index is 12.1. The van der Waals surface area contributed by atoms with Gasteiger partial charge in [-0.05, 0) is 32.1 Å². The molecule has 6 nitrogen and oxygen atoms in total. The first-order chi connectivity index (χ1) is 9.56. The van der Waals surface area contributed by atoms with Crippen LogP contribution < -0.4 is 15.4 Å². The lowest BCUT2D eigenvalue weighted by Crippen LogP contribution is -2.32. The monoisotopic (exact) mass is 301 g/mol. The summed E-state index contributed by atoms with van der Waals surface area (Å²) in [5, 5.41) is 0. The Balaban J connectivity index is 3.12. The normalized spacial score (nSPS) is 11.6. The third-order valence-electron chi connectivity index (χ3n) is 2.96. The van der Waals surface area contributed by atoms with Crippen LogP contribution in [0.25, 0.3) is 0 Å². The molecule has 0 bridgehead atoms. The number of hydrogen-bond donors (Lipinski definition) is 2. The second-order valence-electron chi connectivity index (χ2n) is 4.30. The molecule has 1 aromatic carbocycles. The fourth-order valence-electron chi connectivity index (χ4n) is 1.89. The second-order valence-corrected chi connectivity index (χ2v) is 6.15. The summed E-state index contributed by atoms with van der Waals surface area (Å²) in [4.78, 5) is 2.26. The molecule has 0 radical (unpaired) electrons. The largest absolute Gasteiger partial charge is 0.383 e. The first-order valence-corrected chi connectivity index (χ1v) is 8.01. The fourth-order valence-corrected chi connectivity index (χ4v) is 2.84.